The molecule has 5 heteroatoms. The van der Waals surface area contributed by atoms with E-state index in [9.17, 15) is 4.79 Å². The van der Waals surface area contributed by atoms with Crippen LogP contribution >= 0.6 is 0 Å². The zero-order chi connectivity index (χ0) is 17.2. The van der Waals surface area contributed by atoms with Crippen molar-refractivity contribution >= 4 is 29.2 Å². The molecule has 1 aliphatic heterocycles. The molecule has 0 atom stereocenters. The molecule has 1 heterocycles. The molecule has 1 amide bonds. The van der Waals surface area contributed by atoms with E-state index >= 15 is 0 Å². The zero-order valence-corrected chi connectivity index (χ0v) is 13.2. The molecule has 0 saturated heterocycles. The largest absolute Gasteiger partial charge is 0.353 e. The first-order chi connectivity index (χ1) is 12.3. The van der Waals surface area contributed by atoms with Gasteiger partial charge in [-0.2, -0.15) is 0 Å². The summed E-state index contributed by atoms with van der Waals surface area (Å²) in [4.78, 5) is 16.6. The van der Waals surface area contributed by atoms with Crippen LogP contribution in [0.15, 0.2) is 71.7 Å². The van der Waals surface area contributed by atoms with E-state index in [1.54, 1.807) is 23.8 Å². The van der Waals surface area contributed by atoms with Crippen LogP contribution in [0.2, 0.25) is 0 Å². The van der Waals surface area contributed by atoms with Crippen LogP contribution in [0.4, 0.5) is 17.1 Å². The third-order valence-electron chi connectivity index (χ3n) is 4.18. The molecule has 3 aromatic rings. The van der Waals surface area contributed by atoms with Gasteiger partial charge in [-0.05, 0) is 35.4 Å². The molecular weight excluding hydrogens is 314 g/mol. The summed E-state index contributed by atoms with van der Waals surface area (Å²) in [7, 11) is 0. The van der Waals surface area contributed by atoms with Crippen LogP contribution < -0.4 is 10.8 Å². The molecular formula is C20H15N3O2. The third kappa shape index (κ3) is 2.66. The molecule has 122 valence electrons. The Balaban J connectivity index is 1.91. The molecule has 3 N–H and O–H groups in total. The van der Waals surface area contributed by atoms with E-state index < -0.39 is 5.91 Å². The van der Waals surface area contributed by atoms with Crippen LogP contribution in [0.1, 0.15) is 15.9 Å². The number of benzene rings is 3. The lowest BCUT2D eigenvalue weighted by molar-refractivity contribution is 0.0707. The van der Waals surface area contributed by atoms with E-state index in [1.165, 1.54) is 0 Å². The van der Waals surface area contributed by atoms with Crippen LogP contribution in [0.25, 0.3) is 11.1 Å². The number of anilines is 2. The average Bonchev–Trinajstić information content (AvgIpc) is 2.86. The minimum atomic E-state index is -0.546. The van der Waals surface area contributed by atoms with Crippen LogP contribution in [-0.4, -0.2) is 17.3 Å². The lowest BCUT2D eigenvalue weighted by Crippen LogP contribution is -2.19. The summed E-state index contributed by atoms with van der Waals surface area (Å²) >= 11 is 0. The summed E-state index contributed by atoms with van der Waals surface area (Å²) in [5.41, 5.74) is 7.27. The molecule has 0 radical (unpaired) electrons. The second kappa shape index (κ2) is 6.22. The summed E-state index contributed by atoms with van der Waals surface area (Å²) in [5, 5.41) is 12.4. The number of nitrogens with zero attached hydrogens (tertiary/aromatic N) is 1. The van der Waals surface area contributed by atoms with Crippen molar-refractivity contribution in [3.8, 4) is 11.1 Å². The number of aliphatic imine (C=N–C) groups is 1. The van der Waals surface area contributed by atoms with Gasteiger partial charge in [0, 0.05) is 23.0 Å². The normalized spacial score (nSPS) is 11.7. The first-order valence-electron chi connectivity index (χ1n) is 7.85. The number of carbonyl (C=O) groups excluding carboxylic acids is 1. The Labute approximate surface area is 144 Å². The molecule has 0 spiro atoms. The van der Waals surface area contributed by atoms with E-state index in [-0.39, 0.29) is 0 Å². The van der Waals surface area contributed by atoms with Crippen LogP contribution in [0.3, 0.4) is 0 Å². The van der Waals surface area contributed by atoms with Crippen molar-refractivity contribution < 1.29 is 10.0 Å². The van der Waals surface area contributed by atoms with Crippen molar-refractivity contribution in [2.24, 2.45) is 4.99 Å². The van der Waals surface area contributed by atoms with Gasteiger partial charge in [-0.1, -0.05) is 42.5 Å². The minimum absolute atomic E-state index is 0.397. The van der Waals surface area contributed by atoms with Gasteiger partial charge in [0.25, 0.3) is 5.91 Å². The number of rotatable bonds is 2. The smallest absolute Gasteiger partial charge is 0.275 e. The van der Waals surface area contributed by atoms with E-state index in [4.69, 9.17) is 5.21 Å². The van der Waals surface area contributed by atoms with Crippen molar-refractivity contribution in [2.75, 3.05) is 5.32 Å². The fourth-order valence-electron chi connectivity index (χ4n) is 3.00. The van der Waals surface area contributed by atoms with Crippen molar-refractivity contribution in [3.63, 3.8) is 0 Å². The Kier molecular flexibility index (Phi) is 3.76. The maximum Gasteiger partial charge on any atom is 0.275 e. The summed E-state index contributed by atoms with van der Waals surface area (Å²) in [5.74, 6) is -0.546. The van der Waals surface area contributed by atoms with Gasteiger partial charge < -0.3 is 5.32 Å². The van der Waals surface area contributed by atoms with Crippen LogP contribution in [-0.2, 0) is 0 Å². The van der Waals surface area contributed by atoms with Gasteiger partial charge in [0.05, 0.1) is 11.4 Å². The standard InChI is InChI=1S/C20H15N3O2/c24-20(23-25)15-7-2-1-6-13(15)14-8-5-11-17-16(14)12-21-18-9-3-4-10-19(18)22-17/h1-12,22,25H,(H,23,24). The predicted molar refractivity (Wildman–Crippen MR) is 98.1 cm³/mol. The lowest BCUT2D eigenvalue weighted by Gasteiger charge is -2.14. The highest BCUT2D eigenvalue weighted by atomic mass is 16.5. The quantitative estimate of drug-likeness (QED) is 0.379. The summed E-state index contributed by atoms with van der Waals surface area (Å²) in [6.07, 6.45) is 1.80. The van der Waals surface area contributed by atoms with Gasteiger partial charge in [-0.15, -0.1) is 0 Å². The van der Waals surface area contributed by atoms with Gasteiger partial charge in [0.2, 0.25) is 0 Å². The maximum absolute atomic E-state index is 12.0. The number of para-hydroxylation sites is 2. The lowest BCUT2D eigenvalue weighted by atomic mass is 9.94. The highest BCUT2D eigenvalue weighted by Crippen LogP contribution is 2.36. The highest BCUT2D eigenvalue weighted by molar-refractivity contribution is 6.06. The molecule has 0 aromatic heterocycles. The second-order valence-electron chi connectivity index (χ2n) is 5.65. The second-order valence-corrected chi connectivity index (χ2v) is 5.65. The molecule has 0 aliphatic carbocycles. The Bertz CT molecular complexity index is 996. The van der Waals surface area contributed by atoms with Crippen LogP contribution in [0, 0.1) is 0 Å². The zero-order valence-electron chi connectivity index (χ0n) is 13.2. The van der Waals surface area contributed by atoms with E-state index in [2.05, 4.69) is 10.3 Å². The number of hydrogen-bond acceptors (Lipinski definition) is 4. The molecule has 0 fully saturated rings. The Hall–Kier alpha value is -3.44. The Morgan fingerprint density at radius 3 is 2.48 bits per heavy atom. The number of hydrogen-bond donors (Lipinski definition) is 3. The molecule has 0 bridgehead atoms. The number of nitrogens with one attached hydrogen (secondary N) is 2. The molecule has 5 nitrogen and oxygen atoms in total. The molecule has 0 saturated carbocycles. The first-order valence-corrected chi connectivity index (χ1v) is 7.85. The van der Waals surface area contributed by atoms with E-state index in [0.29, 0.717) is 5.56 Å². The van der Waals surface area contributed by atoms with E-state index in [0.717, 1.165) is 33.8 Å². The van der Waals surface area contributed by atoms with Crippen molar-refractivity contribution in [3.05, 3.63) is 77.9 Å². The number of amides is 1. The Morgan fingerprint density at radius 1 is 0.880 bits per heavy atom. The average molecular weight is 329 g/mol. The number of carbonyl (C=O) groups is 1. The molecule has 4 rings (SSSR count). The minimum Gasteiger partial charge on any atom is -0.353 e. The Morgan fingerprint density at radius 2 is 1.60 bits per heavy atom. The van der Waals surface area contributed by atoms with Crippen LogP contribution in [0.5, 0.6) is 0 Å². The van der Waals surface area contributed by atoms with Gasteiger partial charge in [0.1, 0.15) is 0 Å². The van der Waals surface area contributed by atoms with Gasteiger partial charge in [-0.25, -0.2) is 5.48 Å². The topological polar surface area (TPSA) is 73.7 Å². The van der Waals surface area contributed by atoms with Gasteiger partial charge >= 0.3 is 0 Å². The molecule has 0 unspecified atom stereocenters. The predicted octanol–water partition coefficient (Wildman–Crippen LogP) is 4.28. The number of hydroxylamine groups is 1. The summed E-state index contributed by atoms with van der Waals surface area (Å²) in [6, 6.07) is 20.8. The molecule has 3 aromatic carbocycles. The summed E-state index contributed by atoms with van der Waals surface area (Å²) in [6.45, 7) is 0. The monoisotopic (exact) mass is 329 g/mol. The highest BCUT2D eigenvalue weighted by Gasteiger charge is 2.17. The third-order valence-corrected chi connectivity index (χ3v) is 4.18. The maximum atomic E-state index is 12.0. The molecule has 1 aliphatic rings. The van der Waals surface area contributed by atoms with E-state index in [1.807, 2.05) is 54.6 Å². The molecule has 25 heavy (non-hydrogen) atoms. The van der Waals surface area contributed by atoms with Crippen molar-refractivity contribution in [1.82, 2.24) is 5.48 Å². The van der Waals surface area contributed by atoms with Crippen molar-refractivity contribution in [2.45, 2.75) is 0 Å². The van der Waals surface area contributed by atoms with Gasteiger partial charge in [-0.3, -0.25) is 15.0 Å². The van der Waals surface area contributed by atoms with Gasteiger partial charge in [0.15, 0.2) is 0 Å². The summed E-state index contributed by atoms with van der Waals surface area (Å²) < 4.78 is 0. The number of fused-ring (bicyclic) bond motifs is 2. The SMILES string of the molecule is O=C(NO)c1ccccc1-c1cccc2c1C=Nc1ccccc1N2. The van der Waals surface area contributed by atoms with Crippen molar-refractivity contribution in [1.29, 1.82) is 0 Å². The fraction of sp³-hybridized carbons (Fsp3) is 0. The fourth-order valence-corrected chi connectivity index (χ4v) is 3.00. The first kappa shape index (κ1) is 15.1.